The highest BCUT2D eigenvalue weighted by atomic mass is 35.5. The molecule has 0 saturated carbocycles. The maximum Gasteiger partial charge on any atom is 0.308 e. The molecule has 0 aliphatic carbocycles. The van der Waals surface area contributed by atoms with Crippen molar-refractivity contribution in [1.29, 1.82) is 0 Å². The summed E-state index contributed by atoms with van der Waals surface area (Å²) in [6, 6.07) is 14.1. The van der Waals surface area contributed by atoms with Gasteiger partial charge in [0.2, 0.25) is 0 Å². The van der Waals surface area contributed by atoms with Crippen LogP contribution in [0.3, 0.4) is 0 Å². The van der Waals surface area contributed by atoms with Crippen LogP contribution in [0.2, 0.25) is 5.02 Å². The number of halogens is 1. The van der Waals surface area contributed by atoms with Crippen molar-refractivity contribution in [3.63, 3.8) is 0 Å². The molecule has 0 amide bonds. The summed E-state index contributed by atoms with van der Waals surface area (Å²) in [5.41, 5.74) is 2.45. The molecule has 0 bridgehead atoms. The number of rotatable bonds is 9. The molecule has 0 N–H and O–H groups in total. The molecule has 0 aliphatic heterocycles. The number of carbonyl (C=O) groups is 2. The summed E-state index contributed by atoms with van der Waals surface area (Å²) in [7, 11) is 1.49. The van der Waals surface area contributed by atoms with E-state index in [9.17, 15) is 9.59 Å². The number of nitrogens with zero attached hydrogens (tertiary/aromatic N) is 1. The molecule has 0 atom stereocenters. The second kappa shape index (κ2) is 11.1. The number of allylic oxidation sites excluding steroid dienone is 1. The molecule has 32 heavy (non-hydrogen) atoms. The van der Waals surface area contributed by atoms with Crippen LogP contribution in [-0.4, -0.2) is 23.8 Å². The van der Waals surface area contributed by atoms with E-state index in [1.54, 1.807) is 54.9 Å². The monoisotopic (exact) mass is 451 g/mol. The van der Waals surface area contributed by atoms with E-state index < -0.39 is 5.97 Å². The Morgan fingerprint density at radius 3 is 2.47 bits per heavy atom. The van der Waals surface area contributed by atoms with E-state index >= 15 is 0 Å². The number of ketones is 1. The van der Waals surface area contributed by atoms with E-state index in [4.69, 9.17) is 25.8 Å². The van der Waals surface area contributed by atoms with E-state index in [0.717, 1.165) is 11.1 Å². The maximum absolute atomic E-state index is 12.5. The zero-order valence-corrected chi connectivity index (χ0v) is 18.5. The van der Waals surface area contributed by atoms with Crippen molar-refractivity contribution >= 4 is 29.4 Å². The van der Waals surface area contributed by atoms with Gasteiger partial charge in [-0.15, -0.1) is 0 Å². The van der Waals surface area contributed by atoms with Crippen LogP contribution in [0.4, 0.5) is 0 Å². The third-order valence-corrected chi connectivity index (χ3v) is 4.73. The van der Waals surface area contributed by atoms with Crippen LogP contribution in [0, 0.1) is 0 Å². The van der Waals surface area contributed by atoms with Gasteiger partial charge < -0.3 is 14.2 Å². The van der Waals surface area contributed by atoms with Gasteiger partial charge in [0, 0.05) is 25.7 Å². The summed E-state index contributed by atoms with van der Waals surface area (Å²) < 4.78 is 16.1. The number of benzene rings is 2. The summed E-state index contributed by atoms with van der Waals surface area (Å²) in [6.07, 6.45) is 6.71. The molecule has 164 valence electrons. The molecule has 0 radical (unpaired) electrons. The number of methoxy groups -OCH3 is 1. The molecule has 1 heterocycles. The van der Waals surface area contributed by atoms with E-state index in [1.807, 2.05) is 12.1 Å². The number of hydrogen-bond acceptors (Lipinski definition) is 6. The minimum absolute atomic E-state index is 0.0998. The van der Waals surface area contributed by atoms with Crippen molar-refractivity contribution in [2.45, 2.75) is 20.0 Å². The van der Waals surface area contributed by atoms with Gasteiger partial charge in [-0.05, 0) is 59.2 Å². The third kappa shape index (κ3) is 6.68. The van der Waals surface area contributed by atoms with Gasteiger partial charge in [0.25, 0.3) is 0 Å². The smallest absolute Gasteiger partial charge is 0.308 e. The lowest BCUT2D eigenvalue weighted by atomic mass is 10.1. The third-order valence-electron chi connectivity index (χ3n) is 4.42. The molecule has 0 saturated heterocycles. The van der Waals surface area contributed by atoms with Crippen LogP contribution in [0.25, 0.3) is 6.08 Å². The number of ether oxygens (including phenoxy) is 3. The molecule has 0 unspecified atom stereocenters. The summed E-state index contributed by atoms with van der Waals surface area (Å²) >= 11 is 6.23. The fraction of sp³-hybridized carbons (Fsp3) is 0.160. The molecule has 7 heteroatoms. The van der Waals surface area contributed by atoms with Crippen LogP contribution >= 0.6 is 11.6 Å². The highest BCUT2D eigenvalue weighted by Gasteiger charge is 2.09. The maximum atomic E-state index is 12.5. The lowest BCUT2D eigenvalue weighted by Crippen LogP contribution is -2.03. The molecule has 0 aliphatic rings. The number of aromatic nitrogens is 1. The fourth-order valence-corrected chi connectivity index (χ4v) is 3.06. The van der Waals surface area contributed by atoms with Gasteiger partial charge in [-0.3, -0.25) is 14.6 Å². The highest BCUT2D eigenvalue weighted by molar-refractivity contribution is 6.32. The zero-order valence-electron chi connectivity index (χ0n) is 17.7. The van der Waals surface area contributed by atoms with Crippen molar-refractivity contribution in [1.82, 2.24) is 4.98 Å². The molecular weight excluding hydrogens is 430 g/mol. The van der Waals surface area contributed by atoms with Crippen molar-refractivity contribution in [2.75, 3.05) is 7.11 Å². The number of carbonyl (C=O) groups excluding carboxylic acids is 2. The van der Waals surface area contributed by atoms with Crippen LogP contribution in [0.15, 0.2) is 67.0 Å². The van der Waals surface area contributed by atoms with Gasteiger partial charge in [0.1, 0.15) is 12.4 Å². The van der Waals surface area contributed by atoms with E-state index in [-0.39, 0.29) is 12.2 Å². The van der Waals surface area contributed by atoms with Gasteiger partial charge in [0.05, 0.1) is 12.1 Å². The molecule has 3 aromatic rings. The van der Waals surface area contributed by atoms with E-state index in [2.05, 4.69) is 4.98 Å². The van der Waals surface area contributed by atoms with E-state index in [0.29, 0.717) is 34.4 Å². The first-order chi connectivity index (χ1) is 15.4. The van der Waals surface area contributed by atoms with Gasteiger partial charge >= 0.3 is 5.97 Å². The fourth-order valence-electron chi connectivity index (χ4n) is 2.89. The number of pyridine rings is 1. The summed E-state index contributed by atoms with van der Waals surface area (Å²) in [5.74, 6) is 0.689. The normalized spacial score (nSPS) is 10.7. The van der Waals surface area contributed by atoms with Crippen molar-refractivity contribution in [3.05, 3.63) is 88.7 Å². The Morgan fingerprint density at radius 1 is 0.969 bits per heavy atom. The van der Waals surface area contributed by atoms with Gasteiger partial charge in [-0.2, -0.15) is 0 Å². The van der Waals surface area contributed by atoms with Gasteiger partial charge in [-0.25, -0.2) is 0 Å². The predicted octanol–water partition coefficient (Wildman–Crippen LogP) is 5.07. The Hall–Kier alpha value is -3.64. The lowest BCUT2D eigenvalue weighted by Gasteiger charge is -2.10. The van der Waals surface area contributed by atoms with Crippen LogP contribution in [-0.2, 0) is 22.6 Å². The molecule has 3 rings (SSSR count). The second-order valence-electron chi connectivity index (χ2n) is 6.89. The quantitative estimate of drug-likeness (QED) is 0.257. The minimum atomic E-state index is -0.454. The van der Waals surface area contributed by atoms with Crippen LogP contribution < -0.4 is 14.2 Å². The molecular formula is C25H22ClNO5. The Bertz CT molecular complexity index is 1130. The Kier molecular flexibility index (Phi) is 8.00. The van der Waals surface area contributed by atoms with Crippen LogP contribution in [0.5, 0.6) is 17.2 Å². The highest BCUT2D eigenvalue weighted by Crippen LogP contribution is 2.29. The topological polar surface area (TPSA) is 74.7 Å². The summed E-state index contributed by atoms with van der Waals surface area (Å²) in [6.45, 7) is 1.66. The minimum Gasteiger partial charge on any atom is -0.493 e. The van der Waals surface area contributed by atoms with Crippen LogP contribution in [0.1, 0.15) is 23.6 Å². The Morgan fingerprint density at radius 2 is 1.75 bits per heavy atom. The van der Waals surface area contributed by atoms with Gasteiger partial charge in [0.15, 0.2) is 17.3 Å². The average Bonchev–Trinajstić information content (AvgIpc) is 2.78. The molecule has 6 nitrogen and oxygen atoms in total. The second-order valence-corrected chi connectivity index (χ2v) is 7.30. The number of esters is 1. The van der Waals surface area contributed by atoms with Crippen molar-refractivity contribution in [3.8, 4) is 17.2 Å². The van der Waals surface area contributed by atoms with Crippen molar-refractivity contribution in [2.24, 2.45) is 0 Å². The largest absolute Gasteiger partial charge is 0.493 e. The standard InChI is InChI=1S/C25H22ClNO5/c1-17(28)32-25-14-18(5-8-23(25)30-2)3-6-21(29)13-20-4-7-22(26)24(15-20)31-16-19-9-11-27-12-10-19/h3-12,14-15H,13,16H2,1-2H3/b6-3+. The Labute approximate surface area is 191 Å². The van der Waals surface area contributed by atoms with E-state index in [1.165, 1.54) is 20.1 Å². The zero-order chi connectivity index (χ0) is 22.9. The predicted molar refractivity (Wildman–Crippen MR) is 122 cm³/mol. The molecule has 0 spiro atoms. The number of hydrogen-bond donors (Lipinski definition) is 0. The Balaban J connectivity index is 1.65. The first-order valence-electron chi connectivity index (χ1n) is 9.82. The first kappa shape index (κ1) is 23.0. The molecule has 0 fully saturated rings. The summed E-state index contributed by atoms with van der Waals surface area (Å²) in [4.78, 5) is 27.7. The van der Waals surface area contributed by atoms with Gasteiger partial charge in [-0.1, -0.05) is 29.8 Å². The SMILES string of the molecule is COc1ccc(/C=C/C(=O)Cc2ccc(Cl)c(OCc3ccncc3)c2)cc1OC(C)=O. The lowest BCUT2D eigenvalue weighted by molar-refractivity contribution is -0.132. The average molecular weight is 452 g/mol. The first-order valence-corrected chi connectivity index (χ1v) is 10.2. The van der Waals surface area contributed by atoms with Crippen molar-refractivity contribution < 1.29 is 23.8 Å². The summed E-state index contributed by atoms with van der Waals surface area (Å²) in [5, 5.41) is 0.474. The molecule has 2 aromatic carbocycles. The molecule has 1 aromatic heterocycles.